The summed E-state index contributed by atoms with van der Waals surface area (Å²) in [5.74, 6) is 0.910. The first-order valence-corrected chi connectivity index (χ1v) is 10.2. The highest BCUT2D eigenvalue weighted by Crippen LogP contribution is 2.28. The molecule has 1 amide bonds. The summed E-state index contributed by atoms with van der Waals surface area (Å²) in [7, 11) is 0. The maximum Gasteiger partial charge on any atom is 0.227 e. The molecule has 2 heterocycles. The highest BCUT2D eigenvalue weighted by atomic mass is 16.1. The number of hydrogen-bond acceptors (Lipinski definition) is 4. The molecule has 0 radical (unpaired) electrons. The van der Waals surface area contributed by atoms with Crippen molar-refractivity contribution in [3.05, 3.63) is 54.2 Å². The number of benzene rings is 2. The standard InChI is InChI=1S/C23H23N5O/c1-15-19-12-5-6-13-20(19)22-26-25-21(28(22)27-15)17-10-7-11-18(14-17)24-23(29)16-8-3-2-4-9-16/h5-7,10-14,16H,2-4,8-9H2,1H3,(H,24,29). The minimum Gasteiger partial charge on any atom is -0.326 e. The average Bonchev–Trinajstić information content (AvgIpc) is 3.19. The molecule has 0 bridgehead atoms. The van der Waals surface area contributed by atoms with Gasteiger partial charge >= 0.3 is 0 Å². The van der Waals surface area contributed by atoms with Crippen molar-refractivity contribution in [3.63, 3.8) is 0 Å². The minimum atomic E-state index is 0.118. The molecule has 0 aliphatic heterocycles. The third kappa shape index (κ3) is 3.24. The maximum atomic E-state index is 12.6. The van der Waals surface area contributed by atoms with Crippen molar-refractivity contribution in [3.8, 4) is 11.4 Å². The zero-order chi connectivity index (χ0) is 19.8. The first-order valence-electron chi connectivity index (χ1n) is 10.2. The fourth-order valence-electron chi connectivity index (χ4n) is 4.27. The van der Waals surface area contributed by atoms with Crippen LogP contribution in [-0.4, -0.2) is 25.7 Å². The van der Waals surface area contributed by atoms with Gasteiger partial charge in [-0.15, -0.1) is 10.2 Å². The maximum absolute atomic E-state index is 12.6. The van der Waals surface area contributed by atoms with Gasteiger partial charge in [-0.3, -0.25) is 4.79 Å². The second-order valence-corrected chi connectivity index (χ2v) is 7.80. The van der Waals surface area contributed by atoms with E-state index in [-0.39, 0.29) is 11.8 Å². The Balaban J connectivity index is 1.51. The first-order chi connectivity index (χ1) is 14.2. The molecule has 146 valence electrons. The van der Waals surface area contributed by atoms with Crippen LogP contribution in [0.5, 0.6) is 0 Å². The van der Waals surface area contributed by atoms with Crippen LogP contribution < -0.4 is 5.32 Å². The van der Waals surface area contributed by atoms with Crippen LogP contribution in [0.25, 0.3) is 27.8 Å². The molecule has 0 spiro atoms. The van der Waals surface area contributed by atoms with Crippen molar-refractivity contribution in [1.82, 2.24) is 19.8 Å². The van der Waals surface area contributed by atoms with Crippen molar-refractivity contribution < 1.29 is 4.79 Å². The number of rotatable bonds is 3. The van der Waals surface area contributed by atoms with Crippen LogP contribution in [0, 0.1) is 12.8 Å². The Morgan fingerprint density at radius 1 is 1.00 bits per heavy atom. The molecule has 1 aliphatic carbocycles. The molecule has 29 heavy (non-hydrogen) atoms. The van der Waals surface area contributed by atoms with Gasteiger partial charge in [0.15, 0.2) is 11.5 Å². The summed E-state index contributed by atoms with van der Waals surface area (Å²) >= 11 is 0. The molecule has 1 saturated carbocycles. The number of amides is 1. The highest BCUT2D eigenvalue weighted by molar-refractivity contribution is 5.96. The Morgan fingerprint density at radius 3 is 2.62 bits per heavy atom. The Kier molecular flexibility index (Phi) is 4.46. The van der Waals surface area contributed by atoms with Crippen LogP contribution in [0.15, 0.2) is 48.5 Å². The molecule has 1 N–H and O–H groups in total. The molecule has 0 unspecified atom stereocenters. The first kappa shape index (κ1) is 17.8. The number of nitrogens with one attached hydrogen (secondary N) is 1. The number of aromatic nitrogens is 4. The lowest BCUT2D eigenvalue weighted by Gasteiger charge is -2.20. The van der Waals surface area contributed by atoms with Gasteiger partial charge in [-0.1, -0.05) is 55.7 Å². The van der Waals surface area contributed by atoms with Gasteiger partial charge in [-0.25, -0.2) is 0 Å². The van der Waals surface area contributed by atoms with E-state index in [1.165, 1.54) is 6.42 Å². The predicted octanol–water partition coefficient (Wildman–Crippen LogP) is 4.77. The highest BCUT2D eigenvalue weighted by Gasteiger charge is 2.21. The van der Waals surface area contributed by atoms with Crippen molar-refractivity contribution in [2.24, 2.45) is 5.92 Å². The third-order valence-electron chi connectivity index (χ3n) is 5.81. The van der Waals surface area contributed by atoms with E-state index < -0.39 is 0 Å². The van der Waals surface area contributed by atoms with Gasteiger partial charge < -0.3 is 5.32 Å². The molecular formula is C23H23N5O. The zero-order valence-electron chi connectivity index (χ0n) is 16.4. The monoisotopic (exact) mass is 385 g/mol. The van der Waals surface area contributed by atoms with Gasteiger partial charge in [0, 0.05) is 27.9 Å². The van der Waals surface area contributed by atoms with E-state index in [2.05, 4.69) is 15.5 Å². The Morgan fingerprint density at radius 2 is 1.79 bits per heavy atom. The molecule has 0 atom stereocenters. The van der Waals surface area contributed by atoms with Crippen LogP contribution >= 0.6 is 0 Å². The molecule has 5 rings (SSSR count). The Labute approximate surface area is 169 Å². The fraction of sp³-hybridized carbons (Fsp3) is 0.304. The lowest BCUT2D eigenvalue weighted by molar-refractivity contribution is -0.120. The minimum absolute atomic E-state index is 0.118. The number of fused-ring (bicyclic) bond motifs is 3. The smallest absolute Gasteiger partial charge is 0.227 e. The Bertz CT molecular complexity index is 1210. The second kappa shape index (κ2) is 7.28. The quantitative estimate of drug-likeness (QED) is 0.551. The van der Waals surface area contributed by atoms with Gasteiger partial charge in [0.05, 0.1) is 5.69 Å². The fourth-order valence-corrected chi connectivity index (χ4v) is 4.27. The van der Waals surface area contributed by atoms with E-state index in [0.29, 0.717) is 5.82 Å². The molecule has 1 aliphatic rings. The van der Waals surface area contributed by atoms with Crippen molar-refractivity contribution in [2.45, 2.75) is 39.0 Å². The molecule has 0 saturated heterocycles. The number of hydrogen-bond donors (Lipinski definition) is 1. The molecule has 4 aromatic rings. The van der Waals surface area contributed by atoms with E-state index in [4.69, 9.17) is 5.10 Å². The third-order valence-corrected chi connectivity index (χ3v) is 5.81. The molecular weight excluding hydrogens is 362 g/mol. The van der Waals surface area contributed by atoms with Crippen LogP contribution in [0.1, 0.15) is 37.8 Å². The molecule has 1 fully saturated rings. The van der Waals surface area contributed by atoms with Crippen molar-refractivity contribution in [2.75, 3.05) is 5.32 Å². The lowest BCUT2D eigenvalue weighted by Crippen LogP contribution is -2.24. The normalized spacial score (nSPS) is 15.1. The van der Waals surface area contributed by atoms with E-state index in [1.807, 2.05) is 55.5 Å². The number of anilines is 1. The van der Waals surface area contributed by atoms with Gasteiger partial charge in [-0.2, -0.15) is 9.61 Å². The molecule has 2 aromatic heterocycles. The van der Waals surface area contributed by atoms with Crippen LogP contribution in [0.4, 0.5) is 5.69 Å². The van der Waals surface area contributed by atoms with E-state index >= 15 is 0 Å². The molecule has 6 heteroatoms. The summed E-state index contributed by atoms with van der Waals surface area (Å²) in [6, 6.07) is 15.9. The van der Waals surface area contributed by atoms with E-state index in [1.54, 1.807) is 4.52 Å². The van der Waals surface area contributed by atoms with Gasteiger partial charge in [0.25, 0.3) is 0 Å². The summed E-state index contributed by atoms with van der Waals surface area (Å²) in [5.41, 5.74) is 3.32. The Hall–Kier alpha value is -3.28. The van der Waals surface area contributed by atoms with Crippen LogP contribution in [-0.2, 0) is 4.79 Å². The largest absolute Gasteiger partial charge is 0.326 e. The van der Waals surface area contributed by atoms with E-state index in [9.17, 15) is 4.79 Å². The summed E-state index contributed by atoms with van der Waals surface area (Å²) in [5, 5.41) is 18.7. The zero-order valence-corrected chi connectivity index (χ0v) is 16.4. The SMILES string of the molecule is Cc1nn2c(-c3cccc(NC(=O)C4CCCCC4)c3)nnc2c2ccccc12. The second-order valence-electron chi connectivity index (χ2n) is 7.80. The van der Waals surface area contributed by atoms with Gasteiger partial charge in [0.1, 0.15) is 0 Å². The summed E-state index contributed by atoms with van der Waals surface area (Å²) < 4.78 is 1.79. The van der Waals surface area contributed by atoms with E-state index in [0.717, 1.165) is 59.0 Å². The van der Waals surface area contributed by atoms with Crippen molar-refractivity contribution in [1.29, 1.82) is 0 Å². The lowest BCUT2D eigenvalue weighted by atomic mass is 9.88. The summed E-state index contributed by atoms with van der Waals surface area (Å²) in [6.45, 7) is 1.99. The number of carbonyl (C=O) groups is 1. The molecule has 2 aromatic carbocycles. The van der Waals surface area contributed by atoms with Crippen molar-refractivity contribution >= 4 is 28.0 Å². The molecule has 6 nitrogen and oxygen atoms in total. The number of carbonyl (C=O) groups excluding carboxylic acids is 1. The van der Waals surface area contributed by atoms with Crippen LogP contribution in [0.3, 0.4) is 0 Å². The van der Waals surface area contributed by atoms with Gasteiger partial charge in [-0.05, 0) is 31.9 Å². The van der Waals surface area contributed by atoms with Crippen LogP contribution in [0.2, 0.25) is 0 Å². The summed E-state index contributed by atoms with van der Waals surface area (Å²) in [4.78, 5) is 12.6. The predicted molar refractivity (Wildman–Crippen MR) is 114 cm³/mol. The number of nitrogens with zero attached hydrogens (tertiary/aromatic N) is 4. The van der Waals surface area contributed by atoms with Gasteiger partial charge in [0.2, 0.25) is 5.91 Å². The number of aryl methyl sites for hydroxylation is 1. The topological polar surface area (TPSA) is 72.2 Å². The summed E-state index contributed by atoms with van der Waals surface area (Å²) in [6.07, 6.45) is 5.49. The average molecular weight is 385 g/mol.